The predicted molar refractivity (Wildman–Crippen MR) is 172 cm³/mol. The molecule has 2 nitrogen and oxygen atoms in total. The van der Waals surface area contributed by atoms with Gasteiger partial charge in [-0.2, -0.15) is 0 Å². The smallest absolute Gasteiger partial charge is 0.145 e. The van der Waals surface area contributed by atoms with Crippen molar-refractivity contribution < 1.29 is 0 Å². The van der Waals surface area contributed by atoms with Gasteiger partial charge in [-0.15, -0.1) is 0 Å². The highest BCUT2D eigenvalue weighted by atomic mass is 15.0. The highest BCUT2D eigenvalue weighted by Gasteiger charge is 2.51. The lowest BCUT2D eigenvalue weighted by Gasteiger charge is -2.30. The Kier molecular flexibility index (Phi) is 4.15. The molecule has 0 aliphatic heterocycles. The first-order valence-corrected chi connectivity index (χ1v) is 14.6. The van der Waals surface area contributed by atoms with E-state index in [1.54, 1.807) is 0 Å². The van der Waals surface area contributed by atoms with Gasteiger partial charge in [-0.3, -0.25) is 4.40 Å². The molecule has 42 heavy (non-hydrogen) atoms. The van der Waals surface area contributed by atoms with Crippen LogP contribution in [0.1, 0.15) is 22.3 Å². The van der Waals surface area contributed by atoms with Crippen molar-refractivity contribution in [3.8, 4) is 33.4 Å². The van der Waals surface area contributed by atoms with Crippen molar-refractivity contribution in [2.75, 3.05) is 0 Å². The number of nitrogens with zero attached hydrogens (tertiary/aromatic N) is 2. The first-order chi connectivity index (χ1) is 20.8. The summed E-state index contributed by atoms with van der Waals surface area (Å²) in [4.78, 5) is 5.03. The molecule has 0 unspecified atom stereocenters. The summed E-state index contributed by atoms with van der Waals surface area (Å²) in [7, 11) is 0. The van der Waals surface area contributed by atoms with Crippen LogP contribution in [-0.4, -0.2) is 9.38 Å². The number of hydrogen-bond acceptors (Lipinski definition) is 1. The third-order valence-corrected chi connectivity index (χ3v) is 9.62. The van der Waals surface area contributed by atoms with Gasteiger partial charge in [0.1, 0.15) is 5.65 Å². The van der Waals surface area contributed by atoms with Crippen LogP contribution in [0.25, 0.3) is 60.8 Å². The molecule has 8 aromatic rings. The number of aromatic nitrogens is 2. The number of imidazole rings is 1. The van der Waals surface area contributed by atoms with E-state index in [9.17, 15) is 0 Å². The normalized spacial score (nSPS) is 13.9. The second-order valence-electron chi connectivity index (χ2n) is 11.5. The van der Waals surface area contributed by atoms with Gasteiger partial charge in [-0.25, -0.2) is 4.98 Å². The number of hydrogen-bond donors (Lipinski definition) is 0. The number of benzene rings is 6. The van der Waals surface area contributed by atoms with E-state index in [0.717, 1.165) is 16.7 Å². The zero-order chi connectivity index (χ0) is 27.4. The minimum atomic E-state index is -0.350. The summed E-state index contributed by atoms with van der Waals surface area (Å²) in [5.41, 5.74) is 16.0. The Balaban J connectivity index is 1.33. The van der Waals surface area contributed by atoms with Gasteiger partial charge in [0.15, 0.2) is 0 Å². The molecule has 10 rings (SSSR count). The summed E-state index contributed by atoms with van der Waals surface area (Å²) in [5, 5.41) is 2.39. The number of pyridine rings is 1. The van der Waals surface area contributed by atoms with Crippen LogP contribution in [0.3, 0.4) is 0 Å². The molecule has 2 aliphatic carbocycles. The Hall–Kier alpha value is -5.47. The van der Waals surface area contributed by atoms with Gasteiger partial charge in [-0.05, 0) is 73.7 Å². The minimum absolute atomic E-state index is 0.350. The molecular formula is C40H24N2. The molecular weight excluding hydrogens is 508 g/mol. The fourth-order valence-electron chi connectivity index (χ4n) is 7.97. The summed E-state index contributed by atoms with van der Waals surface area (Å²) in [6.45, 7) is 0. The zero-order valence-electron chi connectivity index (χ0n) is 22.8. The van der Waals surface area contributed by atoms with Gasteiger partial charge in [0, 0.05) is 17.1 Å². The molecule has 0 N–H and O–H groups in total. The first kappa shape index (κ1) is 22.2. The van der Waals surface area contributed by atoms with Gasteiger partial charge >= 0.3 is 0 Å². The van der Waals surface area contributed by atoms with Crippen LogP contribution in [-0.2, 0) is 5.41 Å². The van der Waals surface area contributed by atoms with Gasteiger partial charge in [0.2, 0.25) is 0 Å². The van der Waals surface area contributed by atoms with Crippen LogP contribution in [0.5, 0.6) is 0 Å². The molecule has 2 heterocycles. The van der Waals surface area contributed by atoms with Crippen LogP contribution in [0.15, 0.2) is 146 Å². The van der Waals surface area contributed by atoms with Crippen molar-refractivity contribution in [2.24, 2.45) is 0 Å². The van der Waals surface area contributed by atoms with Crippen molar-refractivity contribution in [3.05, 3.63) is 168 Å². The lowest BCUT2D eigenvalue weighted by atomic mass is 9.70. The minimum Gasteiger partial charge on any atom is -0.298 e. The number of para-hydroxylation sites is 2. The third-order valence-electron chi connectivity index (χ3n) is 9.62. The maximum atomic E-state index is 5.03. The Bertz CT molecular complexity index is 2360. The van der Waals surface area contributed by atoms with Crippen molar-refractivity contribution in [1.29, 1.82) is 0 Å². The second kappa shape index (κ2) is 7.84. The molecule has 0 fully saturated rings. The van der Waals surface area contributed by atoms with E-state index in [4.69, 9.17) is 4.98 Å². The van der Waals surface area contributed by atoms with Gasteiger partial charge in [-0.1, -0.05) is 121 Å². The maximum absolute atomic E-state index is 5.03. The van der Waals surface area contributed by atoms with Crippen molar-refractivity contribution in [3.63, 3.8) is 0 Å². The molecule has 0 radical (unpaired) electrons. The topological polar surface area (TPSA) is 17.3 Å². The lowest BCUT2D eigenvalue weighted by Crippen LogP contribution is -2.25. The fraction of sp³-hybridized carbons (Fsp3) is 0.0250. The molecule has 0 bridgehead atoms. The molecule has 2 heteroatoms. The fourth-order valence-corrected chi connectivity index (χ4v) is 7.97. The monoisotopic (exact) mass is 532 g/mol. The van der Waals surface area contributed by atoms with Crippen LogP contribution < -0.4 is 0 Å². The molecule has 2 aliphatic rings. The van der Waals surface area contributed by atoms with Gasteiger partial charge in [0.05, 0.1) is 16.4 Å². The SMILES string of the molecule is c1ccc2c(c1)-c1ccccc1C21c2ccccc2-c2ccc(-c3cn4c5ccccc5nc4c4ccccc34)cc21. The number of rotatable bonds is 1. The van der Waals surface area contributed by atoms with Crippen LogP contribution in [0.4, 0.5) is 0 Å². The van der Waals surface area contributed by atoms with Crippen molar-refractivity contribution in [2.45, 2.75) is 5.41 Å². The predicted octanol–water partition coefficient (Wildman–Crippen LogP) is 9.65. The molecule has 194 valence electrons. The molecule has 0 saturated heterocycles. The Morgan fingerprint density at radius 2 is 1.00 bits per heavy atom. The highest BCUT2D eigenvalue weighted by molar-refractivity contribution is 6.06. The van der Waals surface area contributed by atoms with E-state index in [-0.39, 0.29) is 5.41 Å². The van der Waals surface area contributed by atoms with E-state index in [0.29, 0.717) is 0 Å². The molecule has 0 saturated carbocycles. The summed E-state index contributed by atoms with van der Waals surface area (Å²) >= 11 is 0. The Morgan fingerprint density at radius 1 is 0.452 bits per heavy atom. The average Bonchev–Trinajstić information content (AvgIpc) is 3.68. The van der Waals surface area contributed by atoms with E-state index >= 15 is 0 Å². The van der Waals surface area contributed by atoms with Crippen LogP contribution >= 0.6 is 0 Å². The van der Waals surface area contributed by atoms with Crippen molar-refractivity contribution >= 4 is 27.5 Å². The first-order valence-electron chi connectivity index (χ1n) is 14.6. The standard InChI is InChI=1S/C40H24N2/c1-2-15-31-26(11-1)32(24-42-38-20-10-9-19-37(38)41-39(31)42)25-21-22-30-29-14-5-8-18-35(29)40(36(30)23-25)33-16-6-3-12-27(33)28-13-4-7-17-34(28)40/h1-24H. The third kappa shape index (κ3) is 2.59. The highest BCUT2D eigenvalue weighted by Crippen LogP contribution is 2.63. The van der Waals surface area contributed by atoms with E-state index in [1.165, 1.54) is 66.4 Å². The van der Waals surface area contributed by atoms with Gasteiger partial charge in [0.25, 0.3) is 0 Å². The van der Waals surface area contributed by atoms with E-state index in [2.05, 4.69) is 150 Å². The Morgan fingerprint density at radius 3 is 1.69 bits per heavy atom. The lowest BCUT2D eigenvalue weighted by molar-refractivity contribution is 0.794. The van der Waals surface area contributed by atoms with Crippen LogP contribution in [0, 0.1) is 0 Å². The van der Waals surface area contributed by atoms with Gasteiger partial charge < -0.3 is 0 Å². The summed E-state index contributed by atoms with van der Waals surface area (Å²) in [5.74, 6) is 0. The van der Waals surface area contributed by atoms with E-state index < -0.39 is 0 Å². The maximum Gasteiger partial charge on any atom is 0.145 e. The molecule has 0 amide bonds. The second-order valence-corrected chi connectivity index (χ2v) is 11.5. The quantitative estimate of drug-likeness (QED) is 0.206. The van der Waals surface area contributed by atoms with E-state index in [1.807, 2.05) is 0 Å². The Labute approximate surface area is 243 Å². The summed E-state index contributed by atoms with van der Waals surface area (Å²) < 4.78 is 2.27. The molecule has 0 atom stereocenters. The molecule has 6 aromatic carbocycles. The van der Waals surface area contributed by atoms with Crippen molar-refractivity contribution in [1.82, 2.24) is 9.38 Å². The summed E-state index contributed by atoms with van der Waals surface area (Å²) in [6.07, 6.45) is 2.29. The molecule has 1 spiro atoms. The average molecular weight is 533 g/mol. The largest absolute Gasteiger partial charge is 0.298 e. The van der Waals surface area contributed by atoms with Crippen LogP contribution in [0.2, 0.25) is 0 Å². The zero-order valence-corrected chi connectivity index (χ0v) is 22.8. The number of fused-ring (bicyclic) bond motifs is 15. The molecule has 2 aromatic heterocycles. The summed E-state index contributed by atoms with van der Waals surface area (Å²) in [6, 6.07) is 51.3.